The summed E-state index contributed by atoms with van der Waals surface area (Å²) in [6, 6.07) is 12.7. The van der Waals surface area contributed by atoms with Gasteiger partial charge in [0.05, 0.1) is 11.4 Å². The highest BCUT2D eigenvalue weighted by molar-refractivity contribution is 7.89. The Kier molecular flexibility index (Phi) is 4.69. The molecule has 0 aliphatic heterocycles. The summed E-state index contributed by atoms with van der Waals surface area (Å²) in [7, 11) is -3.64. The maximum absolute atomic E-state index is 12.4. The third-order valence-electron chi connectivity index (χ3n) is 3.98. The van der Waals surface area contributed by atoms with Crippen LogP contribution in [0.15, 0.2) is 51.9 Å². The number of benzene rings is 2. The van der Waals surface area contributed by atoms with Gasteiger partial charge in [0.25, 0.3) is 0 Å². The fourth-order valence-electron chi connectivity index (χ4n) is 2.27. The molecular weight excluding hydrogens is 338 g/mol. The molecule has 1 aromatic heterocycles. The minimum Gasteiger partial charge on any atom is -0.338 e. The van der Waals surface area contributed by atoms with Gasteiger partial charge in [-0.15, -0.1) is 0 Å². The van der Waals surface area contributed by atoms with Crippen LogP contribution in [0.1, 0.15) is 22.6 Å². The summed E-state index contributed by atoms with van der Waals surface area (Å²) in [5.41, 5.74) is 3.91. The van der Waals surface area contributed by atoms with Crippen LogP contribution in [0.5, 0.6) is 0 Å². The molecule has 0 saturated heterocycles. The van der Waals surface area contributed by atoms with Crippen molar-refractivity contribution in [2.45, 2.75) is 32.2 Å². The highest BCUT2D eigenvalue weighted by atomic mass is 32.2. The van der Waals surface area contributed by atoms with E-state index in [9.17, 15) is 8.42 Å². The third-order valence-corrected chi connectivity index (χ3v) is 5.38. The second-order valence-corrected chi connectivity index (χ2v) is 7.72. The molecule has 0 aliphatic rings. The van der Waals surface area contributed by atoms with Gasteiger partial charge in [-0.25, -0.2) is 13.1 Å². The second-order valence-electron chi connectivity index (χ2n) is 5.95. The minimum atomic E-state index is -3.64. The Hall–Kier alpha value is -2.51. The first kappa shape index (κ1) is 17.3. The molecule has 0 unspecified atom stereocenters. The first-order valence-corrected chi connectivity index (χ1v) is 9.30. The van der Waals surface area contributed by atoms with Crippen molar-refractivity contribution in [2.24, 2.45) is 0 Å². The summed E-state index contributed by atoms with van der Waals surface area (Å²) >= 11 is 0. The number of hydrogen-bond donors (Lipinski definition) is 1. The normalized spacial score (nSPS) is 11.6. The molecule has 6 nitrogen and oxygen atoms in total. The van der Waals surface area contributed by atoms with E-state index in [2.05, 4.69) is 14.9 Å². The van der Waals surface area contributed by atoms with Gasteiger partial charge in [-0.1, -0.05) is 41.1 Å². The Morgan fingerprint density at radius 1 is 1.00 bits per heavy atom. The zero-order valence-electron chi connectivity index (χ0n) is 14.3. The first-order valence-electron chi connectivity index (χ1n) is 7.82. The van der Waals surface area contributed by atoms with Crippen LogP contribution in [0.25, 0.3) is 11.4 Å². The Bertz CT molecular complexity index is 993. The summed E-state index contributed by atoms with van der Waals surface area (Å²) in [4.78, 5) is 4.45. The molecule has 0 aliphatic carbocycles. The Morgan fingerprint density at radius 2 is 1.72 bits per heavy atom. The molecular formula is C18H19N3O3S. The lowest BCUT2D eigenvalue weighted by Crippen LogP contribution is -2.23. The number of sulfonamides is 1. The maximum atomic E-state index is 12.4. The molecule has 130 valence electrons. The number of hydrogen-bond acceptors (Lipinski definition) is 5. The molecule has 7 heteroatoms. The van der Waals surface area contributed by atoms with E-state index in [-0.39, 0.29) is 17.3 Å². The molecule has 1 N–H and O–H groups in total. The smallest absolute Gasteiger partial charge is 0.242 e. The molecule has 0 atom stereocenters. The first-order chi connectivity index (χ1) is 11.8. The summed E-state index contributed by atoms with van der Waals surface area (Å²) in [5, 5.41) is 3.89. The highest BCUT2D eigenvalue weighted by Crippen LogP contribution is 2.17. The van der Waals surface area contributed by atoms with Crippen molar-refractivity contribution in [3.05, 3.63) is 65.0 Å². The lowest BCUT2D eigenvalue weighted by Gasteiger charge is -2.07. The van der Waals surface area contributed by atoms with Crippen molar-refractivity contribution in [3.63, 3.8) is 0 Å². The molecule has 1 heterocycles. The SMILES string of the molecule is Cc1ccc(-c2noc(CNS(=O)(=O)c3ccc(C)c(C)c3)n2)cc1. The molecule has 0 bridgehead atoms. The summed E-state index contributed by atoms with van der Waals surface area (Å²) < 4.78 is 32.4. The molecule has 3 rings (SSSR count). The van der Waals surface area contributed by atoms with Crippen molar-refractivity contribution in [3.8, 4) is 11.4 Å². The van der Waals surface area contributed by atoms with Crippen LogP contribution < -0.4 is 4.72 Å². The van der Waals surface area contributed by atoms with Gasteiger partial charge in [0.15, 0.2) is 0 Å². The summed E-state index contributed by atoms with van der Waals surface area (Å²) in [6.45, 7) is 5.74. The van der Waals surface area contributed by atoms with E-state index in [4.69, 9.17) is 4.52 Å². The van der Waals surface area contributed by atoms with Gasteiger partial charge in [-0.3, -0.25) is 0 Å². The molecule has 0 spiro atoms. The quantitative estimate of drug-likeness (QED) is 0.758. The zero-order chi connectivity index (χ0) is 18.0. The fourth-order valence-corrected chi connectivity index (χ4v) is 3.33. The highest BCUT2D eigenvalue weighted by Gasteiger charge is 2.17. The molecule has 0 radical (unpaired) electrons. The van der Waals surface area contributed by atoms with Gasteiger partial charge in [-0.05, 0) is 44.0 Å². The molecule has 3 aromatic rings. The van der Waals surface area contributed by atoms with Gasteiger partial charge in [0, 0.05) is 5.56 Å². The molecule has 25 heavy (non-hydrogen) atoms. The van der Waals surface area contributed by atoms with Gasteiger partial charge in [0.1, 0.15) is 0 Å². The zero-order valence-corrected chi connectivity index (χ0v) is 15.1. The van der Waals surface area contributed by atoms with E-state index in [1.54, 1.807) is 18.2 Å². The molecule has 0 fully saturated rings. The summed E-state index contributed by atoms with van der Waals surface area (Å²) in [5.74, 6) is 0.642. The van der Waals surface area contributed by atoms with Crippen molar-refractivity contribution in [1.82, 2.24) is 14.9 Å². The van der Waals surface area contributed by atoms with E-state index in [0.29, 0.717) is 5.82 Å². The number of aryl methyl sites for hydroxylation is 3. The standard InChI is InChI=1S/C18H19N3O3S/c1-12-4-7-15(8-5-12)18-20-17(24-21-18)11-19-25(22,23)16-9-6-13(2)14(3)10-16/h4-10,19H,11H2,1-3H3. The predicted molar refractivity (Wildman–Crippen MR) is 94.4 cm³/mol. The maximum Gasteiger partial charge on any atom is 0.242 e. The topological polar surface area (TPSA) is 85.1 Å². The Labute approximate surface area is 147 Å². The Morgan fingerprint density at radius 3 is 2.40 bits per heavy atom. The molecule has 2 aromatic carbocycles. The monoisotopic (exact) mass is 357 g/mol. The van der Waals surface area contributed by atoms with Crippen LogP contribution in [0.2, 0.25) is 0 Å². The lowest BCUT2D eigenvalue weighted by atomic mass is 10.1. The van der Waals surface area contributed by atoms with Crippen molar-refractivity contribution < 1.29 is 12.9 Å². The van der Waals surface area contributed by atoms with Gasteiger partial charge in [-0.2, -0.15) is 4.98 Å². The van der Waals surface area contributed by atoms with Gasteiger partial charge >= 0.3 is 0 Å². The van der Waals surface area contributed by atoms with Gasteiger partial charge in [0.2, 0.25) is 21.7 Å². The van der Waals surface area contributed by atoms with Crippen LogP contribution in [0.4, 0.5) is 0 Å². The molecule has 0 amide bonds. The van der Waals surface area contributed by atoms with E-state index in [1.807, 2.05) is 45.0 Å². The predicted octanol–water partition coefficient (Wildman–Crippen LogP) is 3.14. The van der Waals surface area contributed by atoms with Crippen LogP contribution in [0.3, 0.4) is 0 Å². The Balaban J connectivity index is 1.73. The van der Waals surface area contributed by atoms with Crippen molar-refractivity contribution >= 4 is 10.0 Å². The second kappa shape index (κ2) is 6.78. The van der Waals surface area contributed by atoms with E-state index in [1.165, 1.54) is 0 Å². The third kappa shape index (κ3) is 3.94. The number of aromatic nitrogens is 2. The average Bonchev–Trinajstić information content (AvgIpc) is 3.05. The van der Waals surface area contributed by atoms with Crippen molar-refractivity contribution in [2.75, 3.05) is 0 Å². The van der Waals surface area contributed by atoms with E-state index >= 15 is 0 Å². The average molecular weight is 357 g/mol. The van der Waals surface area contributed by atoms with E-state index < -0.39 is 10.0 Å². The van der Waals surface area contributed by atoms with Crippen LogP contribution in [-0.2, 0) is 16.6 Å². The van der Waals surface area contributed by atoms with Crippen molar-refractivity contribution in [1.29, 1.82) is 0 Å². The van der Waals surface area contributed by atoms with Crippen LogP contribution in [0, 0.1) is 20.8 Å². The van der Waals surface area contributed by atoms with E-state index in [0.717, 1.165) is 22.3 Å². The van der Waals surface area contributed by atoms with Crippen LogP contribution in [-0.4, -0.2) is 18.6 Å². The minimum absolute atomic E-state index is 0.0614. The number of nitrogens with one attached hydrogen (secondary N) is 1. The summed E-state index contributed by atoms with van der Waals surface area (Å²) in [6.07, 6.45) is 0. The lowest BCUT2D eigenvalue weighted by molar-refractivity contribution is 0.376. The fraction of sp³-hybridized carbons (Fsp3) is 0.222. The number of nitrogens with zero attached hydrogens (tertiary/aromatic N) is 2. The van der Waals surface area contributed by atoms with Gasteiger partial charge < -0.3 is 4.52 Å². The molecule has 0 saturated carbocycles. The largest absolute Gasteiger partial charge is 0.338 e. The number of rotatable bonds is 5. The van der Waals surface area contributed by atoms with Crippen LogP contribution >= 0.6 is 0 Å².